The van der Waals surface area contributed by atoms with Crippen molar-refractivity contribution in [1.29, 1.82) is 0 Å². The van der Waals surface area contributed by atoms with E-state index in [1.54, 1.807) is 0 Å². The van der Waals surface area contributed by atoms with Gasteiger partial charge in [0.1, 0.15) is 0 Å². The summed E-state index contributed by atoms with van der Waals surface area (Å²) >= 11 is 0. The molecule has 0 amide bonds. The molecule has 1 aromatic carbocycles. The van der Waals surface area contributed by atoms with Crippen molar-refractivity contribution in [1.82, 2.24) is 4.90 Å². The molecule has 1 heterocycles. The molecule has 1 nitrogen and oxygen atoms in total. The van der Waals surface area contributed by atoms with Crippen LogP contribution in [0.15, 0.2) is 24.3 Å². The van der Waals surface area contributed by atoms with Gasteiger partial charge in [0.15, 0.2) is 0 Å². The van der Waals surface area contributed by atoms with Gasteiger partial charge in [0.05, 0.1) is 0 Å². The van der Waals surface area contributed by atoms with Crippen molar-refractivity contribution in [3.63, 3.8) is 0 Å². The molecule has 0 N–H and O–H groups in total. The van der Waals surface area contributed by atoms with Crippen molar-refractivity contribution >= 4 is 0 Å². The molecule has 0 aliphatic carbocycles. The van der Waals surface area contributed by atoms with Crippen molar-refractivity contribution in [2.75, 3.05) is 19.6 Å². The molecule has 0 saturated carbocycles. The van der Waals surface area contributed by atoms with Crippen molar-refractivity contribution in [2.24, 2.45) is 16.7 Å². The zero-order chi connectivity index (χ0) is 15.7. The van der Waals surface area contributed by atoms with Crippen LogP contribution in [0, 0.1) is 16.7 Å². The predicted molar refractivity (Wildman–Crippen MR) is 92.7 cm³/mol. The van der Waals surface area contributed by atoms with Gasteiger partial charge >= 0.3 is 0 Å². The van der Waals surface area contributed by atoms with E-state index in [-0.39, 0.29) is 0 Å². The van der Waals surface area contributed by atoms with E-state index in [9.17, 15) is 0 Å². The molecule has 1 fully saturated rings. The van der Waals surface area contributed by atoms with Gasteiger partial charge in [-0.1, -0.05) is 65.8 Å². The zero-order valence-corrected chi connectivity index (χ0v) is 14.9. The average Bonchev–Trinajstić information content (AvgIpc) is 2.25. The second-order valence-corrected chi connectivity index (χ2v) is 9.38. The van der Waals surface area contributed by atoms with Gasteiger partial charge in [-0.25, -0.2) is 0 Å². The molecule has 21 heavy (non-hydrogen) atoms. The molecular formula is C20H33N. The molecule has 0 spiro atoms. The second-order valence-electron chi connectivity index (χ2n) is 9.38. The summed E-state index contributed by atoms with van der Waals surface area (Å²) < 4.78 is 0. The minimum atomic E-state index is 0.378. The summed E-state index contributed by atoms with van der Waals surface area (Å²) in [4.78, 5) is 2.60. The first-order valence-corrected chi connectivity index (χ1v) is 8.41. The zero-order valence-electron chi connectivity index (χ0n) is 14.9. The minimum absolute atomic E-state index is 0.378. The van der Waals surface area contributed by atoms with Crippen LogP contribution in [0.3, 0.4) is 0 Å². The first-order chi connectivity index (χ1) is 9.61. The quantitative estimate of drug-likeness (QED) is 0.769. The van der Waals surface area contributed by atoms with Crippen LogP contribution in [0.2, 0.25) is 0 Å². The third-order valence-electron chi connectivity index (χ3n) is 4.01. The fourth-order valence-electron chi connectivity index (χ4n) is 3.34. The molecule has 0 radical (unpaired) electrons. The lowest BCUT2D eigenvalue weighted by molar-refractivity contribution is 0.0643. The highest BCUT2D eigenvalue weighted by atomic mass is 15.2. The highest BCUT2D eigenvalue weighted by Crippen LogP contribution is 2.26. The van der Waals surface area contributed by atoms with E-state index in [1.165, 1.54) is 37.2 Å². The smallest absolute Gasteiger partial charge is 0.00303 e. The summed E-state index contributed by atoms with van der Waals surface area (Å²) in [5.41, 5.74) is 3.78. The van der Waals surface area contributed by atoms with Crippen LogP contribution in [-0.4, -0.2) is 24.5 Å². The molecule has 1 aliphatic heterocycles. The Hall–Kier alpha value is -0.820. The van der Waals surface area contributed by atoms with Crippen molar-refractivity contribution in [3.05, 3.63) is 35.4 Å². The SMILES string of the molecule is CC(C)(C)Cc1ccc(CC2CN(CC(C)(C)C)C2)cc1. The first-order valence-electron chi connectivity index (χ1n) is 8.41. The Bertz CT molecular complexity index is 438. The Morgan fingerprint density at radius 2 is 1.38 bits per heavy atom. The molecule has 1 aromatic rings. The standard InChI is InChI=1S/C20H33N/c1-19(2,3)12-17-9-7-16(8-10-17)11-18-13-21(14-18)15-20(4,5)6/h7-10,18H,11-15H2,1-6H3. The maximum absolute atomic E-state index is 2.60. The van der Waals surface area contributed by atoms with E-state index in [0.29, 0.717) is 10.8 Å². The number of benzene rings is 1. The largest absolute Gasteiger partial charge is 0.302 e. The molecule has 1 saturated heterocycles. The van der Waals surface area contributed by atoms with E-state index >= 15 is 0 Å². The van der Waals surface area contributed by atoms with Crippen molar-refractivity contribution < 1.29 is 0 Å². The number of likely N-dealkylation sites (tertiary alicyclic amines) is 1. The van der Waals surface area contributed by atoms with E-state index in [4.69, 9.17) is 0 Å². The van der Waals surface area contributed by atoms with Gasteiger partial charge in [0, 0.05) is 19.6 Å². The Labute approximate surface area is 131 Å². The van der Waals surface area contributed by atoms with Crippen LogP contribution >= 0.6 is 0 Å². The summed E-state index contributed by atoms with van der Waals surface area (Å²) in [5, 5.41) is 0. The van der Waals surface area contributed by atoms with Crippen LogP contribution in [0.25, 0.3) is 0 Å². The second kappa shape index (κ2) is 6.12. The number of rotatable bonds is 4. The molecule has 0 atom stereocenters. The number of hydrogen-bond donors (Lipinski definition) is 0. The van der Waals surface area contributed by atoms with Crippen LogP contribution < -0.4 is 0 Å². The van der Waals surface area contributed by atoms with E-state index < -0.39 is 0 Å². The Balaban J connectivity index is 1.78. The maximum atomic E-state index is 2.60. The molecule has 2 rings (SSSR count). The predicted octanol–water partition coefficient (Wildman–Crippen LogP) is 4.80. The van der Waals surface area contributed by atoms with E-state index in [1.807, 2.05) is 0 Å². The summed E-state index contributed by atoms with van der Waals surface area (Å²) in [6, 6.07) is 9.33. The maximum Gasteiger partial charge on any atom is 0.00303 e. The summed E-state index contributed by atoms with van der Waals surface area (Å²) in [6.45, 7) is 17.7. The molecule has 1 heteroatoms. The van der Waals surface area contributed by atoms with E-state index in [0.717, 1.165) is 12.3 Å². The Morgan fingerprint density at radius 1 is 0.857 bits per heavy atom. The molecule has 0 unspecified atom stereocenters. The van der Waals surface area contributed by atoms with Crippen molar-refractivity contribution in [3.8, 4) is 0 Å². The molecular weight excluding hydrogens is 254 g/mol. The Kier molecular flexibility index (Phi) is 4.82. The molecule has 1 aliphatic rings. The highest BCUT2D eigenvalue weighted by Gasteiger charge is 2.29. The lowest BCUT2D eigenvalue weighted by Crippen LogP contribution is -2.50. The van der Waals surface area contributed by atoms with Crippen molar-refractivity contribution in [2.45, 2.75) is 54.4 Å². The van der Waals surface area contributed by atoms with Gasteiger partial charge in [-0.3, -0.25) is 0 Å². The lowest BCUT2D eigenvalue weighted by atomic mass is 9.86. The van der Waals surface area contributed by atoms with Gasteiger partial charge in [0.25, 0.3) is 0 Å². The topological polar surface area (TPSA) is 3.24 Å². The molecule has 0 bridgehead atoms. The fraction of sp³-hybridized carbons (Fsp3) is 0.700. The third-order valence-corrected chi connectivity index (χ3v) is 4.01. The van der Waals surface area contributed by atoms with Gasteiger partial charge in [0.2, 0.25) is 0 Å². The van der Waals surface area contributed by atoms with Gasteiger partial charge in [-0.05, 0) is 40.7 Å². The van der Waals surface area contributed by atoms with Crippen LogP contribution in [0.1, 0.15) is 52.7 Å². The monoisotopic (exact) mass is 287 g/mol. The summed E-state index contributed by atoms with van der Waals surface area (Å²) in [5.74, 6) is 0.862. The fourth-order valence-corrected chi connectivity index (χ4v) is 3.34. The highest BCUT2D eigenvalue weighted by molar-refractivity contribution is 5.24. The van der Waals surface area contributed by atoms with Gasteiger partial charge < -0.3 is 4.90 Å². The first kappa shape index (κ1) is 16.5. The van der Waals surface area contributed by atoms with Crippen LogP contribution in [0.4, 0.5) is 0 Å². The third kappa shape index (κ3) is 5.82. The summed E-state index contributed by atoms with van der Waals surface area (Å²) in [6.07, 6.45) is 2.41. The van der Waals surface area contributed by atoms with Crippen LogP contribution in [-0.2, 0) is 12.8 Å². The average molecular weight is 287 g/mol. The summed E-state index contributed by atoms with van der Waals surface area (Å²) in [7, 11) is 0. The minimum Gasteiger partial charge on any atom is -0.302 e. The molecule has 0 aromatic heterocycles. The van der Waals surface area contributed by atoms with E-state index in [2.05, 4.69) is 70.7 Å². The number of hydrogen-bond acceptors (Lipinski definition) is 1. The van der Waals surface area contributed by atoms with Crippen LogP contribution in [0.5, 0.6) is 0 Å². The van der Waals surface area contributed by atoms with Gasteiger partial charge in [-0.15, -0.1) is 0 Å². The van der Waals surface area contributed by atoms with Gasteiger partial charge in [-0.2, -0.15) is 0 Å². The Morgan fingerprint density at radius 3 is 1.86 bits per heavy atom. The lowest BCUT2D eigenvalue weighted by Gasteiger charge is -2.42. The normalized spacial score (nSPS) is 17.8. The molecule has 118 valence electrons. The number of nitrogens with zero attached hydrogens (tertiary/aromatic N) is 1.